The van der Waals surface area contributed by atoms with Gasteiger partial charge in [-0.15, -0.1) is 0 Å². The van der Waals surface area contributed by atoms with E-state index in [2.05, 4.69) is 9.97 Å². The molecule has 0 aliphatic carbocycles. The van der Waals surface area contributed by atoms with Gasteiger partial charge in [-0.25, -0.2) is 4.98 Å². The third kappa shape index (κ3) is 3.04. The van der Waals surface area contributed by atoms with E-state index in [9.17, 15) is 8.42 Å². The molecule has 16 heavy (non-hydrogen) atoms. The van der Waals surface area contributed by atoms with Crippen molar-refractivity contribution in [3.05, 3.63) is 6.20 Å². The largest absolute Gasteiger partial charge is 0.477 e. The van der Waals surface area contributed by atoms with Gasteiger partial charge in [0.2, 0.25) is 5.88 Å². The van der Waals surface area contributed by atoms with Gasteiger partial charge >= 0.3 is 16.1 Å². The number of aromatic nitrogens is 2. The number of ether oxygens (including phenoxy) is 2. The maximum Gasteiger partial charge on any atom is 0.319 e. The number of hydrogen-bond acceptors (Lipinski definition) is 6. The average molecular weight is 248 g/mol. The van der Waals surface area contributed by atoms with Crippen LogP contribution in [0.25, 0.3) is 0 Å². The molecular weight excluding hydrogens is 236 g/mol. The summed E-state index contributed by atoms with van der Waals surface area (Å²) in [6.45, 7) is 3.96. The zero-order chi connectivity index (χ0) is 12.2. The summed E-state index contributed by atoms with van der Waals surface area (Å²) in [5.74, 6) is -0.219. The Morgan fingerprint density at radius 2 is 1.94 bits per heavy atom. The summed E-state index contributed by atoms with van der Waals surface area (Å²) < 4.78 is 40.8. The molecule has 1 N–H and O–H groups in total. The number of hydrogen-bond donors (Lipinski definition) is 1. The molecule has 0 amide bonds. The molecule has 0 fully saturated rings. The third-order valence-electron chi connectivity index (χ3n) is 1.53. The van der Waals surface area contributed by atoms with E-state index in [1.807, 2.05) is 0 Å². The first-order chi connectivity index (χ1) is 7.49. The minimum atomic E-state index is -4.39. The second-order valence-corrected chi connectivity index (χ2v) is 4.05. The predicted molar refractivity (Wildman–Crippen MR) is 54.2 cm³/mol. The highest BCUT2D eigenvalue weighted by molar-refractivity contribution is 7.86. The standard InChI is InChI=1S/C8H12N2O5S/c1-3-14-7-6(16(11,12)13)5-9-8(10-7)15-4-2/h5H,3-4H2,1-2H3,(H,11,12,13). The van der Waals surface area contributed by atoms with Gasteiger partial charge in [0.15, 0.2) is 4.90 Å². The highest BCUT2D eigenvalue weighted by atomic mass is 32.2. The van der Waals surface area contributed by atoms with Crippen LogP contribution in [0.2, 0.25) is 0 Å². The monoisotopic (exact) mass is 248 g/mol. The first-order valence-electron chi connectivity index (χ1n) is 4.59. The summed E-state index contributed by atoms with van der Waals surface area (Å²) in [6.07, 6.45) is 0.943. The van der Waals surface area contributed by atoms with Crippen LogP contribution in [0.3, 0.4) is 0 Å². The smallest absolute Gasteiger partial charge is 0.319 e. The number of rotatable bonds is 5. The Bertz CT molecular complexity index is 459. The van der Waals surface area contributed by atoms with Gasteiger partial charge in [-0.3, -0.25) is 4.55 Å². The van der Waals surface area contributed by atoms with E-state index in [1.165, 1.54) is 0 Å². The molecule has 90 valence electrons. The van der Waals surface area contributed by atoms with E-state index in [-0.39, 0.29) is 18.5 Å². The van der Waals surface area contributed by atoms with Crippen LogP contribution < -0.4 is 9.47 Å². The van der Waals surface area contributed by atoms with E-state index in [0.29, 0.717) is 6.61 Å². The lowest BCUT2D eigenvalue weighted by Crippen LogP contribution is -2.08. The molecule has 7 nitrogen and oxygen atoms in total. The van der Waals surface area contributed by atoms with Crippen LogP contribution in [-0.4, -0.2) is 36.2 Å². The van der Waals surface area contributed by atoms with Gasteiger partial charge in [-0.1, -0.05) is 0 Å². The normalized spacial score (nSPS) is 11.2. The van der Waals surface area contributed by atoms with Crippen LogP contribution in [0.15, 0.2) is 11.1 Å². The van der Waals surface area contributed by atoms with Crippen molar-refractivity contribution < 1.29 is 22.4 Å². The topological polar surface area (TPSA) is 98.6 Å². The van der Waals surface area contributed by atoms with E-state index in [1.54, 1.807) is 13.8 Å². The molecule has 0 atom stereocenters. The molecule has 0 aliphatic heterocycles. The Balaban J connectivity index is 3.19. The summed E-state index contributed by atoms with van der Waals surface area (Å²) >= 11 is 0. The van der Waals surface area contributed by atoms with Gasteiger partial charge in [0.05, 0.1) is 19.4 Å². The Morgan fingerprint density at radius 3 is 2.44 bits per heavy atom. The molecule has 0 aliphatic rings. The van der Waals surface area contributed by atoms with Gasteiger partial charge < -0.3 is 9.47 Å². The molecule has 0 aromatic carbocycles. The minimum absolute atomic E-state index is 0.00153. The Labute approximate surface area is 93.2 Å². The summed E-state index contributed by atoms with van der Waals surface area (Å²) in [7, 11) is -4.39. The Morgan fingerprint density at radius 1 is 1.31 bits per heavy atom. The molecular formula is C8H12N2O5S. The predicted octanol–water partition coefficient (Wildman–Crippen LogP) is 0.521. The fraction of sp³-hybridized carbons (Fsp3) is 0.500. The Hall–Kier alpha value is -1.41. The van der Waals surface area contributed by atoms with Crippen molar-refractivity contribution in [2.24, 2.45) is 0 Å². The lowest BCUT2D eigenvalue weighted by Gasteiger charge is -2.07. The second kappa shape index (κ2) is 5.08. The van der Waals surface area contributed by atoms with Gasteiger partial charge in [0.25, 0.3) is 0 Å². The molecule has 0 radical (unpaired) electrons. The molecule has 0 spiro atoms. The van der Waals surface area contributed by atoms with E-state index < -0.39 is 15.0 Å². The molecule has 1 aromatic heterocycles. The maximum absolute atomic E-state index is 11.0. The Kier molecular flexibility index (Phi) is 4.02. The van der Waals surface area contributed by atoms with Gasteiger partial charge in [0, 0.05) is 0 Å². The van der Waals surface area contributed by atoms with Crippen molar-refractivity contribution in [2.45, 2.75) is 18.7 Å². The third-order valence-corrected chi connectivity index (χ3v) is 2.37. The highest BCUT2D eigenvalue weighted by Gasteiger charge is 2.20. The van der Waals surface area contributed by atoms with Gasteiger partial charge in [-0.05, 0) is 13.8 Å². The van der Waals surface area contributed by atoms with Crippen LogP contribution in [0.1, 0.15) is 13.8 Å². The summed E-state index contributed by atoms with van der Waals surface area (Å²) in [5.41, 5.74) is 0. The lowest BCUT2D eigenvalue weighted by molar-refractivity contribution is 0.281. The first kappa shape index (κ1) is 12.7. The summed E-state index contributed by atoms with van der Waals surface area (Å²) in [4.78, 5) is 6.87. The summed E-state index contributed by atoms with van der Waals surface area (Å²) in [5, 5.41) is 0. The minimum Gasteiger partial charge on any atom is -0.477 e. The zero-order valence-corrected chi connectivity index (χ0v) is 9.69. The molecule has 1 aromatic rings. The molecule has 0 unspecified atom stereocenters. The van der Waals surface area contributed by atoms with Crippen molar-refractivity contribution in [1.29, 1.82) is 0 Å². The first-order valence-corrected chi connectivity index (χ1v) is 6.03. The van der Waals surface area contributed by atoms with E-state index in [4.69, 9.17) is 14.0 Å². The molecule has 0 saturated carbocycles. The van der Waals surface area contributed by atoms with Crippen molar-refractivity contribution >= 4 is 10.1 Å². The average Bonchev–Trinajstić information content (AvgIpc) is 2.17. The molecule has 1 rings (SSSR count). The van der Waals surface area contributed by atoms with Crippen LogP contribution >= 0.6 is 0 Å². The van der Waals surface area contributed by atoms with Crippen molar-refractivity contribution in [3.63, 3.8) is 0 Å². The van der Waals surface area contributed by atoms with Crippen molar-refractivity contribution in [2.75, 3.05) is 13.2 Å². The highest BCUT2D eigenvalue weighted by Crippen LogP contribution is 2.22. The summed E-state index contributed by atoms with van der Waals surface area (Å²) in [6, 6.07) is -0.00153. The van der Waals surface area contributed by atoms with Crippen molar-refractivity contribution in [1.82, 2.24) is 9.97 Å². The van der Waals surface area contributed by atoms with Crippen molar-refractivity contribution in [3.8, 4) is 11.9 Å². The van der Waals surface area contributed by atoms with E-state index in [0.717, 1.165) is 6.20 Å². The molecule has 0 saturated heterocycles. The fourth-order valence-corrected chi connectivity index (χ4v) is 1.47. The molecule has 0 bridgehead atoms. The molecule has 1 heterocycles. The second-order valence-electron chi connectivity index (χ2n) is 2.66. The van der Waals surface area contributed by atoms with Crippen LogP contribution in [0.5, 0.6) is 11.9 Å². The van der Waals surface area contributed by atoms with Gasteiger partial charge in [0.1, 0.15) is 0 Å². The quantitative estimate of drug-likeness (QED) is 0.758. The fourth-order valence-electron chi connectivity index (χ4n) is 0.956. The maximum atomic E-state index is 11.0. The van der Waals surface area contributed by atoms with Crippen LogP contribution in [0, 0.1) is 0 Å². The van der Waals surface area contributed by atoms with E-state index >= 15 is 0 Å². The number of nitrogens with zero attached hydrogens (tertiary/aromatic N) is 2. The van der Waals surface area contributed by atoms with Crippen LogP contribution in [-0.2, 0) is 10.1 Å². The molecule has 8 heteroatoms. The zero-order valence-electron chi connectivity index (χ0n) is 8.87. The lowest BCUT2D eigenvalue weighted by atomic mass is 10.6. The SMILES string of the molecule is CCOc1ncc(S(=O)(=O)O)c(OCC)n1. The van der Waals surface area contributed by atoms with Gasteiger partial charge in [-0.2, -0.15) is 13.4 Å². The van der Waals surface area contributed by atoms with Crippen LogP contribution in [0.4, 0.5) is 0 Å².